The summed E-state index contributed by atoms with van der Waals surface area (Å²) in [5.74, 6) is -1.24. The van der Waals surface area contributed by atoms with Crippen LogP contribution in [0, 0.1) is 0 Å². The number of unbranched alkanes of at least 4 members (excludes halogenated alkanes) is 27. The van der Waals surface area contributed by atoms with Crippen LogP contribution in [0.5, 0.6) is 0 Å². The smallest absolute Gasteiger partial charge is 0.306 e. The minimum Gasteiger partial charge on any atom is -0.454 e. The van der Waals surface area contributed by atoms with Crippen LogP contribution in [-0.4, -0.2) is 99.6 Å². The first-order valence-electron chi connectivity index (χ1n) is 28.8. The normalized spacial score (nSPS) is 20.1. The van der Waals surface area contributed by atoms with Crippen LogP contribution < -0.4 is 5.32 Å². The first-order chi connectivity index (χ1) is 34.7. The minimum absolute atomic E-state index is 0.0727. The van der Waals surface area contributed by atoms with Crippen molar-refractivity contribution in [1.82, 2.24) is 5.32 Å². The molecule has 11 heteroatoms. The van der Waals surface area contributed by atoms with Gasteiger partial charge in [-0.1, -0.05) is 254 Å². The Hall–Kier alpha value is -2.90. The molecule has 6 N–H and O–H groups in total. The molecular weight excluding hydrogens is 895 g/mol. The molecule has 0 bridgehead atoms. The fourth-order valence-corrected chi connectivity index (χ4v) is 8.67. The van der Waals surface area contributed by atoms with Gasteiger partial charge in [0, 0.05) is 6.42 Å². The molecule has 0 radical (unpaired) electrons. The topological polar surface area (TPSA) is 175 Å². The number of aliphatic hydroxyl groups is 5. The van der Waals surface area contributed by atoms with Crippen molar-refractivity contribution < 1.29 is 49.3 Å². The average Bonchev–Trinajstić information content (AvgIpc) is 3.37. The standard InChI is InChI=1S/C60H105NO10/c1-4-7-10-13-16-19-22-24-26-28-29-32-35-38-41-44-47-53(64)59(68)61-51(52(63)46-43-40-37-34-31-21-18-15-12-9-6-3)50-69-60-58(57(67)56(66)54(49-62)70-60)71-55(65)48-45-42-39-36-33-30-27-25-23-20-17-14-11-8-5-2/h8,11,14,17,20,23,25,27,30,33,43,46,51-54,56-58,60,62-64,66-67H,4-7,9-10,12-13,15-16,18-19,21-22,24,26,28-29,31-32,34-42,44-45,47-50H2,1-3H3,(H,61,68)/b11-8+,17-14+,23-20-,27-25-,33-30+,46-43+. The van der Waals surface area contributed by atoms with E-state index in [4.69, 9.17) is 14.2 Å². The van der Waals surface area contributed by atoms with Gasteiger partial charge in [0.15, 0.2) is 12.4 Å². The van der Waals surface area contributed by atoms with Gasteiger partial charge in [-0.3, -0.25) is 9.59 Å². The first kappa shape index (κ1) is 66.1. The van der Waals surface area contributed by atoms with Gasteiger partial charge in [0.2, 0.25) is 5.91 Å². The number of aliphatic hydroxyl groups excluding tert-OH is 5. The highest BCUT2D eigenvalue weighted by atomic mass is 16.7. The van der Waals surface area contributed by atoms with Crippen LogP contribution in [0.4, 0.5) is 0 Å². The van der Waals surface area contributed by atoms with E-state index in [0.29, 0.717) is 12.8 Å². The van der Waals surface area contributed by atoms with Crippen molar-refractivity contribution in [1.29, 1.82) is 0 Å². The number of ether oxygens (including phenoxy) is 3. The Morgan fingerprint density at radius 1 is 0.563 bits per heavy atom. The lowest BCUT2D eigenvalue weighted by Crippen LogP contribution is -2.61. The summed E-state index contributed by atoms with van der Waals surface area (Å²) in [5.41, 5.74) is 0. The molecule has 0 aliphatic carbocycles. The van der Waals surface area contributed by atoms with Gasteiger partial charge in [0.05, 0.1) is 25.4 Å². The van der Waals surface area contributed by atoms with Crippen LogP contribution >= 0.6 is 0 Å². The molecule has 8 unspecified atom stereocenters. The highest BCUT2D eigenvalue weighted by Gasteiger charge is 2.47. The molecule has 1 aliphatic heterocycles. The molecule has 1 saturated heterocycles. The van der Waals surface area contributed by atoms with Crippen LogP contribution in [0.2, 0.25) is 0 Å². The monoisotopic (exact) mass is 1000 g/mol. The third-order valence-corrected chi connectivity index (χ3v) is 13.3. The molecule has 1 amide bonds. The van der Waals surface area contributed by atoms with Gasteiger partial charge in [-0.15, -0.1) is 0 Å². The van der Waals surface area contributed by atoms with Crippen LogP contribution in [0.25, 0.3) is 0 Å². The van der Waals surface area contributed by atoms with Crippen molar-refractivity contribution >= 4 is 11.9 Å². The fourth-order valence-electron chi connectivity index (χ4n) is 8.67. The predicted molar refractivity (Wildman–Crippen MR) is 292 cm³/mol. The number of hydrogen-bond acceptors (Lipinski definition) is 10. The summed E-state index contributed by atoms with van der Waals surface area (Å²) in [5, 5.41) is 56.8. The van der Waals surface area contributed by atoms with Gasteiger partial charge < -0.3 is 45.1 Å². The third-order valence-electron chi connectivity index (χ3n) is 13.3. The van der Waals surface area contributed by atoms with Crippen LogP contribution in [0.1, 0.15) is 233 Å². The van der Waals surface area contributed by atoms with E-state index in [0.717, 1.165) is 64.2 Å². The molecule has 0 aromatic carbocycles. The largest absolute Gasteiger partial charge is 0.454 e. The molecule has 1 rings (SSSR count). The summed E-state index contributed by atoms with van der Waals surface area (Å²) in [4.78, 5) is 26.4. The van der Waals surface area contributed by atoms with E-state index in [-0.39, 0.29) is 19.4 Å². The molecule has 410 valence electrons. The van der Waals surface area contributed by atoms with E-state index >= 15 is 0 Å². The number of amides is 1. The molecule has 0 spiro atoms. The van der Waals surface area contributed by atoms with Crippen LogP contribution in [0.3, 0.4) is 0 Å². The Bertz CT molecular complexity index is 1430. The maximum Gasteiger partial charge on any atom is 0.306 e. The SMILES string of the molecule is CC/C=C/C=C/C=C\C=C/C=C/CCCCCC(=O)OC1C(OCC(NC(=O)C(O)CCCCCCCCCCCCCCCCCC)C(O)/C=C/CCCCCCCCCCC)OC(CO)C(O)C1O. The van der Waals surface area contributed by atoms with Crippen molar-refractivity contribution in [2.45, 2.75) is 282 Å². The Morgan fingerprint density at radius 2 is 1.01 bits per heavy atom. The number of hydrogen-bond donors (Lipinski definition) is 6. The third kappa shape index (κ3) is 36.6. The van der Waals surface area contributed by atoms with Gasteiger partial charge in [0.25, 0.3) is 0 Å². The molecule has 71 heavy (non-hydrogen) atoms. The predicted octanol–water partition coefficient (Wildman–Crippen LogP) is 12.8. The van der Waals surface area contributed by atoms with Crippen molar-refractivity contribution in [3.63, 3.8) is 0 Å². The Labute approximate surface area is 432 Å². The molecule has 1 aliphatic rings. The maximum absolute atomic E-state index is 13.4. The number of nitrogens with one attached hydrogen (secondary N) is 1. The summed E-state index contributed by atoms with van der Waals surface area (Å²) in [7, 11) is 0. The summed E-state index contributed by atoms with van der Waals surface area (Å²) in [6.45, 7) is 5.60. The van der Waals surface area contributed by atoms with Gasteiger partial charge in [0.1, 0.15) is 24.4 Å². The van der Waals surface area contributed by atoms with Gasteiger partial charge in [-0.25, -0.2) is 0 Å². The van der Waals surface area contributed by atoms with Crippen LogP contribution in [-0.2, 0) is 23.8 Å². The molecule has 1 heterocycles. The zero-order valence-electron chi connectivity index (χ0n) is 45.1. The fraction of sp³-hybridized carbons (Fsp3) is 0.767. The highest BCUT2D eigenvalue weighted by Crippen LogP contribution is 2.26. The van der Waals surface area contributed by atoms with E-state index in [1.54, 1.807) is 6.08 Å². The summed E-state index contributed by atoms with van der Waals surface area (Å²) >= 11 is 0. The Kier molecular flexibility index (Phi) is 44.8. The lowest BCUT2D eigenvalue weighted by atomic mass is 9.99. The minimum atomic E-state index is -1.63. The van der Waals surface area contributed by atoms with E-state index in [9.17, 15) is 35.1 Å². The van der Waals surface area contributed by atoms with E-state index in [1.807, 2.05) is 54.7 Å². The van der Waals surface area contributed by atoms with Crippen molar-refractivity contribution in [2.24, 2.45) is 0 Å². The van der Waals surface area contributed by atoms with Crippen LogP contribution in [0.15, 0.2) is 72.9 Å². The zero-order valence-corrected chi connectivity index (χ0v) is 45.1. The molecule has 11 nitrogen and oxygen atoms in total. The maximum atomic E-state index is 13.4. The van der Waals surface area contributed by atoms with E-state index in [2.05, 4.69) is 38.2 Å². The first-order valence-corrected chi connectivity index (χ1v) is 28.8. The summed E-state index contributed by atoms with van der Waals surface area (Å²) in [6, 6.07) is -1.03. The molecule has 1 fully saturated rings. The summed E-state index contributed by atoms with van der Waals surface area (Å²) in [6.07, 6.45) is 49.5. The second-order valence-electron chi connectivity index (χ2n) is 19.8. The van der Waals surface area contributed by atoms with Crippen molar-refractivity contribution in [3.8, 4) is 0 Å². The van der Waals surface area contributed by atoms with Crippen molar-refractivity contribution in [3.05, 3.63) is 72.9 Å². The summed E-state index contributed by atoms with van der Waals surface area (Å²) < 4.78 is 17.5. The average molecular weight is 1000 g/mol. The molecular formula is C60H105NO10. The van der Waals surface area contributed by atoms with Gasteiger partial charge in [-0.2, -0.15) is 0 Å². The molecule has 0 aromatic rings. The second-order valence-corrected chi connectivity index (χ2v) is 19.8. The quantitative estimate of drug-likeness (QED) is 0.0149. The number of esters is 1. The highest BCUT2D eigenvalue weighted by molar-refractivity contribution is 5.80. The van der Waals surface area contributed by atoms with E-state index < -0.39 is 67.4 Å². The number of allylic oxidation sites excluding steroid dienone is 11. The Balaban J connectivity index is 2.74. The number of carbonyl (C=O) groups excluding carboxylic acids is 2. The van der Waals surface area contributed by atoms with E-state index in [1.165, 1.54) is 122 Å². The number of carbonyl (C=O) groups is 2. The number of rotatable bonds is 47. The lowest BCUT2D eigenvalue weighted by Gasteiger charge is -2.41. The second kappa shape index (κ2) is 48.1. The van der Waals surface area contributed by atoms with Crippen molar-refractivity contribution in [2.75, 3.05) is 13.2 Å². The molecule has 0 saturated carbocycles. The Morgan fingerprint density at radius 3 is 1.52 bits per heavy atom. The lowest BCUT2D eigenvalue weighted by molar-refractivity contribution is -0.305. The van der Waals surface area contributed by atoms with Gasteiger partial charge in [-0.05, 0) is 44.9 Å². The van der Waals surface area contributed by atoms with Gasteiger partial charge >= 0.3 is 5.97 Å². The zero-order chi connectivity index (χ0) is 51.8. The molecule has 0 aromatic heterocycles. The molecule has 8 atom stereocenters.